The predicted molar refractivity (Wildman–Crippen MR) is 146 cm³/mol. The first-order valence-corrected chi connectivity index (χ1v) is 13.0. The summed E-state index contributed by atoms with van der Waals surface area (Å²) >= 11 is 0. The summed E-state index contributed by atoms with van der Waals surface area (Å²) < 4.78 is 62.7. The maximum Gasteiger partial charge on any atom is 0.398 e. The first-order valence-electron chi connectivity index (χ1n) is 13.0. The van der Waals surface area contributed by atoms with Gasteiger partial charge in [0.2, 0.25) is 5.91 Å². The summed E-state index contributed by atoms with van der Waals surface area (Å²) in [6.45, 7) is 2.22. The Balaban J connectivity index is 1.52. The molecule has 1 aliphatic heterocycles. The van der Waals surface area contributed by atoms with Gasteiger partial charge in [-0.3, -0.25) is 9.59 Å². The van der Waals surface area contributed by atoms with Crippen LogP contribution in [0.4, 0.5) is 17.6 Å². The zero-order chi connectivity index (χ0) is 30.4. The summed E-state index contributed by atoms with van der Waals surface area (Å²) in [4.78, 5) is 33.9. The third-order valence-corrected chi connectivity index (χ3v) is 7.43. The van der Waals surface area contributed by atoms with Crippen molar-refractivity contribution in [2.45, 2.75) is 37.8 Å². The van der Waals surface area contributed by atoms with Crippen molar-refractivity contribution in [3.05, 3.63) is 82.9 Å². The summed E-state index contributed by atoms with van der Waals surface area (Å²) in [5.74, 6) is -4.74. The fourth-order valence-corrected chi connectivity index (χ4v) is 4.86. The van der Waals surface area contributed by atoms with Crippen molar-refractivity contribution in [1.82, 2.24) is 15.3 Å². The topological polar surface area (TPSA) is 127 Å². The molecule has 0 aliphatic carbocycles. The van der Waals surface area contributed by atoms with E-state index in [4.69, 9.17) is 10.5 Å². The molecular formula is C30H26F4N4O4. The van der Waals surface area contributed by atoms with E-state index in [1.165, 1.54) is 25.1 Å². The molecule has 1 aliphatic rings. The molecule has 218 valence electrons. The number of amides is 2. The van der Waals surface area contributed by atoms with Crippen molar-refractivity contribution < 1.29 is 37.0 Å². The van der Waals surface area contributed by atoms with Gasteiger partial charge in [0.15, 0.2) is 0 Å². The number of primary amides is 1. The number of nitrogens with two attached hydrogens (primary N) is 1. The van der Waals surface area contributed by atoms with Crippen LogP contribution in [0.2, 0.25) is 0 Å². The van der Waals surface area contributed by atoms with E-state index in [1.54, 1.807) is 12.1 Å². The van der Waals surface area contributed by atoms with Crippen LogP contribution in [0.25, 0.3) is 22.2 Å². The highest BCUT2D eigenvalue weighted by Gasteiger charge is 2.47. The van der Waals surface area contributed by atoms with E-state index in [9.17, 15) is 32.3 Å². The molecule has 5 rings (SSSR count). The number of benzene rings is 2. The molecule has 0 fully saturated rings. The van der Waals surface area contributed by atoms with Crippen molar-refractivity contribution in [2.75, 3.05) is 13.2 Å². The van der Waals surface area contributed by atoms with Crippen LogP contribution in [0.5, 0.6) is 11.5 Å². The lowest BCUT2D eigenvalue weighted by atomic mass is 9.82. The summed E-state index contributed by atoms with van der Waals surface area (Å²) in [5.41, 5.74) is 4.96. The van der Waals surface area contributed by atoms with Crippen LogP contribution in [0.15, 0.2) is 54.6 Å². The van der Waals surface area contributed by atoms with Gasteiger partial charge in [0.25, 0.3) is 5.91 Å². The zero-order valence-electron chi connectivity index (χ0n) is 22.6. The second kappa shape index (κ2) is 10.6. The Hall–Kier alpha value is -4.74. The number of rotatable bonds is 7. The van der Waals surface area contributed by atoms with Crippen molar-refractivity contribution >= 4 is 22.7 Å². The molecule has 2 aromatic carbocycles. The lowest BCUT2D eigenvalue weighted by Crippen LogP contribution is -2.40. The van der Waals surface area contributed by atoms with Crippen LogP contribution < -0.4 is 15.8 Å². The van der Waals surface area contributed by atoms with Crippen LogP contribution in [0, 0.1) is 5.82 Å². The number of hydrogen-bond donors (Lipinski definition) is 3. The van der Waals surface area contributed by atoms with E-state index >= 15 is 0 Å². The number of aromatic nitrogens is 2. The molecular weight excluding hydrogens is 556 g/mol. The molecule has 0 radical (unpaired) electrons. The number of carbonyl (C=O) groups excluding carboxylic acids is 2. The number of hydrogen-bond acceptors (Lipinski definition) is 6. The third kappa shape index (κ3) is 5.19. The van der Waals surface area contributed by atoms with Crippen LogP contribution in [-0.2, 0) is 16.6 Å². The monoisotopic (exact) mass is 582 g/mol. The van der Waals surface area contributed by atoms with Crippen LogP contribution in [0.3, 0.4) is 0 Å². The highest BCUT2D eigenvalue weighted by Crippen LogP contribution is 2.46. The van der Waals surface area contributed by atoms with Crippen LogP contribution in [-0.4, -0.2) is 46.2 Å². The molecule has 1 unspecified atom stereocenters. The number of nitrogens with zero attached hydrogens (tertiary/aromatic N) is 2. The number of carbonyl (C=O) groups is 2. The number of pyridine rings is 2. The first-order chi connectivity index (χ1) is 19.8. The number of halogens is 4. The second-order valence-corrected chi connectivity index (χ2v) is 10.3. The summed E-state index contributed by atoms with van der Waals surface area (Å²) in [5, 5.41) is 13.2. The summed E-state index contributed by atoms with van der Waals surface area (Å²) in [6, 6.07) is 12.0. The van der Waals surface area contributed by atoms with Crippen molar-refractivity contribution in [2.24, 2.45) is 5.73 Å². The van der Waals surface area contributed by atoms with Gasteiger partial charge in [-0.2, -0.15) is 13.2 Å². The molecule has 0 saturated heterocycles. The molecule has 2 amide bonds. The number of phenolic OH excluding ortho intramolecular Hbond substituents is 1. The summed E-state index contributed by atoms with van der Waals surface area (Å²) in [6.07, 6.45) is -4.25. The fraction of sp³-hybridized carbons (Fsp3) is 0.267. The van der Waals surface area contributed by atoms with E-state index in [2.05, 4.69) is 15.3 Å². The van der Waals surface area contributed by atoms with Gasteiger partial charge in [0, 0.05) is 34.3 Å². The van der Waals surface area contributed by atoms with E-state index in [0.717, 1.165) is 30.0 Å². The van der Waals surface area contributed by atoms with Crippen LogP contribution in [0.1, 0.15) is 47.1 Å². The van der Waals surface area contributed by atoms with Gasteiger partial charge in [-0.15, -0.1) is 0 Å². The van der Waals surface area contributed by atoms with Gasteiger partial charge in [-0.05, 0) is 61.9 Å². The largest absolute Gasteiger partial charge is 0.506 e. The lowest BCUT2D eigenvalue weighted by molar-refractivity contribution is -0.149. The fourth-order valence-electron chi connectivity index (χ4n) is 4.86. The van der Waals surface area contributed by atoms with Crippen molar-refractivity contribution in [3.8, 4) is 22.8 Å². The maximum atomic E-state index is 14.5. The Labute approximate surface area is 237 Å². The lowest BCUT2D eigenvalue weighted by Gasteiger charge is -2.24. The highest BCUT2D eigenvalue weighted by molar-refractivity contribution is 5.99. The first kappa shape index (κ1) is 28.8. The molecule has 42 heavy (non-hydrogen) atoms. The quantitative estimate of drug-likeness (QED) is 0.266. The molecule has 0 bridgehead atoms. The van der Waals surface area contributed by atoms with Gasteiger partial charge >= 0.3 is 6.18 Å². The van der Waals surface area contributed by atoms with Crippen LogP contribution >= 0.6 is 0 Å². The number of alkyl halides is 3. The Morgan fingerprint density at radius 1 is 1.12 bits per heavy atom. The molecule has 0 saturated carbocycles. The van der Waals surface area contributed by atoms with Gasteiger partial charge < -0.3 is 20.9 Å². The van der Waals surface area contributed by atoms with E-state index in [1.807, 2.05) is 6.92 Å². The normalized spacial score (nSPS) is 17.0. The number of fused-ring (bicyclic) bond motifs is 2. The zero-order valence-corrected chi connectivity index (χ0v) is 22.6. The molecule has 4 aromatic rings. The van der Waals surface area contributed by atoms with Gasteiger partial charge in [0.05, 0.1) is 5.69 Å². The number of ether oxygens (including phenoxy) is 1. The SMILES string of the molecule is CCc1ccc2cc(C(=O)NCC(c3cc4c(c(-c5ccc(F)cc5)n3)OC[C@]4(C)C(N)=O)C(F)(F)F)cc(O)c2n1. The molecule has 3 heterocycles. The minimum Gasteiger partial charge on any atom is -0.506 e. The molecule has 12 heteroatoms. The number of phenols is 1. The van der Waals surface area contributed by atoms with Gasteiger partial charge in [-0.1, -0.05) is 13.0 Å². The minimum absolute atomic E-state index is 0.0218. The Bertz CT molecular complexity index is 1710. The maximum absolute atomic E-state index is 14.5. The second-order valence-electron chi connectivity index (χ2n) is 10.3. The van der Waals surface area contributed by atoms with E-state index in [-0.39, 0.29) is 46.0 Å². The molecule has 2 aromatic heterocycles. The minimum atomic E-state index is -4.87. The number of nitrogens with one attached hydrogen (secondary N) is 1. The van der Waals surface area contributed by atoms with Gasteiger partial charge in [0.1, 0.15) is 46.5 Å². The van der Waals surface area contributed by atoms with E-state index < -0.39 is 47.4 Å². The predicted octanol–water partition coefficient (Wildman–Crippen LogP) is 4.92. The Morgan fingerprint density at radius 2 is 1.83 bits per heavy atom. The molecule has 8 nitrogen and oxygen atoms in total. The summed E-state index contributed by atoms with van der Waals surface area (Å²) in [7, 11) is 0. The number of aryl methyl sites for hydroxylation is 1. The van der Waals surface area contributed by atoms with Crippen molar-refractivity contribution in [3.63, 3.8) is 0 Å². The third-order valence-electron chi connectivity index (χ3n) is 7.43. The Morgan fingerprint density at radius 3 is 2.48 bits per heavy atom. The number of aromatic hydroxyl groups is 1. The molecule has 4 N–H and O–H groups in total. The highest BCUT2D eigenvalue weighted by atomic mass is 19.4. The average Bonchev–Trinajstić information content (AvgIpc) is 3.30. The molecule has 0 spiro atoms. The Kier molecular flexibility index (Phi) is 7.25. The van der Waals surface area contributed by atoms with Crippen molar-refractivity contribution in [1.29, 1.82) is 0 Å². The smallest absolute Gasteiger partial charge is 0.398 e. The average molecular weight is 583 g/mol. The van der Waals surface area contributed by atoms with E-state index in [0.29, 0.717) is 11.8 Å². The standard InChI is InChI=1S/C30H26F4N4O4/c1-3-19-9-6-16-10-17(11-23(39)24(16)37-19)27(40)36-13-21(30(32,33)34)22-12-20-26(42-14-29(20,2)28(35)41)25(38-22)15-4-7-18(31)8-5-15/h4-12,21,39H,3,13-14H2,1-2H3,(H2,35,41)(H,36,40)/t21?,29-/m0/s1. The van der Waals surface area contributed by atoms with Gasteiger partial charge in [-0.25, -0.2) is 14.4 Å². The molecule has 2 atom stereocenters.